The van der Waals surface area contributed by atoms with Gasteiger partial charge in [0.05, 0.1) is 5.92 Å². The van der Waals surface area contributed by atoms with E-state index >= 15 is 0 Å². The van der Waals surface area contributed by atoms with Gasteiger partial charge in [0.25, 0.3) is 0 Å². The molecule has 0 radical (unpaired) electrons. The van der Waals surface area contributed by atoms with Crippen molar-refractivity contribution in [2.45, 2.75) is 77.4 Å². The Morgan fingerprint density at radius 1 is 1.22 bits per heavy atom. The number of amides is 3. The molecule has 0 aromatic rings. The highest BCUT2D eigenvalue weighted by atomic mass is 16.2. The monoisotopic (exact) mass is 323 g/mol. The van der Waals surface area contributed by atoms with Gasteiger partial charge in [-0.2, -0.15) is 0 Å². The zero-order valence-corrected chi connectivity index (χ0v) is 14.6. The summed E-state index contributed by atoms with van der Waals surface area (Å²) in [5.41, 5.74) is -0.335. The highest BCUT2D eigenvalue weighted by Gasteiger charge is 2.39. The summed E-state index contributed by atoms with van der Waals surface area (Å²) in [6.07, 6.45) is 4.68. The van der Waals surface area contributed by atoms with Crippen LogP contribution in [-0.4, -0.2) is 46.8 Å². The average molecular weight is 323 g/mol. The van der Waals surface area contributed by atoms with Gasteiger partial charge in [-0.25, -0.2) is 0 Å². The van der Waals surface area contributed by atoms with Gasteiger partial charge in [-0.3, -0.25) is 14.4 Å². The maximum atomic E-state index is 12.4. The molecule has 2 aliphatic rings. The standard InChI is InChI=1S/C17H29N3O3/c1-11(15(22)19-17(2,3)4)18-16(23)12-9-14(21)20(10-12)13-7-5-6-8-13/h11-13H,5-10H2,1-4H3,(H,18,23)(H,19,22)/t11-,12+/m1/s1. The highest BCUT2D eigenvalue weighted by molar-refractivity contribution is 5.92. The molecule has 23 heavy (non-hydrogen) atoms. The first-order chi connectivity index (χ1) is 10.7. The Bertz CT molecular complexity index is 478. The molecule has 2 atom stereocenters. The molecule has 130 valence electrons. The predicted molar refractivity (Wildman–Crippen MR) is 87.6 cm³/mol. The van der Waals surface area contributed by atoms with Crippen molar-refractivity contribution in [3.05, 3.63) is 0 Å². The molecule has 2 fully saturated rings. The van der Waals surface area contributed by atoms with E-state index in [0.717, 1.165) is 25.7 Å². The summed E-state index contributed by atoms with van der Waals surface area (Å²) in [4.78, 5) is 38.4. The Kier molecular flexibility index (Phi) is 5.32. The van der Waals surface area contributed by atoms with E-state index in [1.165, 1.54) is 0 Å². The van der Waals surface area contributed by atoms with Crippen LogP contribution in [0, 0.1) is 5.92 Å². The van der Waals surface area contributed by atoms with Gasteiger partial charge >= 0.3 is 0 Å². The van der Waals surface area contributed by atoms with Crippen LogP contribution >= 0.6 is 0 Å². The second-order valence-electron chi connectivity index (χ2n) is 7.85. The fraction of sp³-hybridized carbons (Fsp3) is 0.824. The zero-order chi connectivity index (χ0) is 17.2. The maximum Gasteiger partial charge on any atom is 0.242 e. The first kappa shape index (κ1) is 17.8. The molecule has 0 aromatic carbocycles. The molecule has 2 N–H and O–H groups in total. The van der Waals surface area contributed by atoms with Crippen molar-refractivity contribution < 1.29 is 14.4 Å². The Morgan fingerprint density at radius 2 is 1.83 bits per heavy atom. The SMILES string of the molecule is C[C@@H](NC(=O)[C@H]1CC(=O)N(C2CCCC2)C1)C(=O)NC(C)(C)C. The van der Waals surface area contributed by atoms with Gasteiger partial charge in [0.1, 0.15) is 6.04 Å². The first-order valence-electron chi connectivity index (χ1n) is 8.59. The molecule has 0 bridgehead atoms. The molecule has 1 saturated carbocycles. The van der Waals surface area contributed by atoms with Crippen LogP contribution in [0.1, 0.15) is 59.8 Å². The molecule has 6 heteroatoms. The molecule has 0 aromatic heterocycles. The summed E-state index contributed by atoms with van der Waals surface area (Å²) < 4.78 is 0. The Labute approximate surface area is 138 Å². The number of rotatable bonds is 4. The summed E-state index contributed by atoms with van der Waals surface area (Å²) in [7, 11) is 0. The molecular formula is C17H29N3O3. The Balaban J connectivity index is 1.86. The van der Waals surface area contributed by atoms with Crippen LogP contribution in [0.4, 0.5) is 0 Å². The zero-order valence-electron chi connectivity index (χ0n) is 14.6. The van der Waals surface area contributed by atoms with Crippen molar-refractivity contribution in [3.8, 4) is 0 Å². The molecule has 2 rings (SSSR count). The third-order valence-electron chi connectivity index (χ3n) is 4.54. The molecule has 0 spiro atoms. The Morgan fingerprint density at radius 3 is 2.39 bits per heavy atom. The van der Waals surface area contributed by atoms with Crippen molar-refractivity contribution in [2.75, 3.05) is 6.54 Å². The minimum absolute atomic E-state index is 0.0730. The summed E-state index contributed by atoms with van der Waals surface area (Å²) in [6, 6.07) is -0.292. The predicted octanol–water partition coefficient (Wildman–Crippen LogP) is 1.20. The van der Waals surface area contributed by atoms with Gasteiger partial charge in [0.2, 0.25) is 17.7 Å². The van der Waals surface area contributed by atoms with E-state index < -0.39 is 6.04 Å². The lowest BCUT2D eigenvalue weighted by atomic mass is 10.1. The fourth-order valence-electron chi connectivity index (χ4n) is 3.35. The van der Waals surface area contributed by atoms with Crippen molar-refractivity contribution in [1.82, 2.24) is 15.5 Å². The lowest BCUT2D eigenvalue weighted by Gasteiger charge is -2.25. The second-order valence-corrected chi connectivity index (χ2v) is 7.85. The van der Waals surface area contributed by atoms with E-state index in [4.69, 9.17) is 0 Å². The lowest BCUT2D eigenvalue weighted by molar-refractivity contribution is -0.131. The minimum atomic E-state index is -0.600. The lowest BCUT2D eigenvalue weighted by Crippen LogP contribution is -2.52. The number of hydrogen-bond donors (Lipinski definition) is 2. The van der Waals surface area contributed by atoms with Crippen LogP contribution < -0.4 is 10.6 Å². The third kappa shape index (κ3) is 4.69. The summed E-state index contributed by atoms with van der Waals surface area (Å²) in [6.45, 7) is 7.85. The van der Waals surface area contributed by atoms with Crippen LogP contribution in [0.5, 0.6) is 0 Å². The van der Waals surface area contributed by atoms with Gasteiger partial charge in [-0.1, -0.05) is 12.8 Å². The van der Waals surface area contributed by atoms with Crippen LogP contribution in [0.3, 0.4) is 0 Å². The topological polar surface area (TPSA) is 78.5 Å². The first-order valence-corrected chi connectivity index (χ1v) is 8.59. The van der Waals surface area contributed by atoms with E-state index in [9.17, 15) is 14.4 Å². The molecule has 1 aliphatic heterocycles. The number of carbonyl (C=O) groups is 3. The van der Waals surface area contributed by atoms with Gasteiger partial charge in [-0.05, 0) is 40.5 Å². The summed E-state index contributed by atoms with van der Waals surface area (Å²) in [5.74, 6) is -0.671. The van der Waals surface area contributed by atoms with E-state index in [0.29, 0.717) is 12.6 Å². The van der Waals surface area contributed by atoms with Gasteiger partial charge in [-0.15, -0.1) is 0 Å². The summed E-state index contributed by atoms with van der Waals surface area (Å²) in [5, 5.41) is 5.59. The number of nitrogens with one attached hydrogen (secondary N) is 2. The van der Waals surface area contributed by atoms with Crippen molar-refractivity contribution in [1.29, 1.82) is 0 Å². The minimum Gasteiger partial charge on any atom is -0.350 e. The third-order valence-corrected chi connectivity index (χ3v) is 4.54. The number of nitrogens with zero attached hydrogens (tertiary/aromatic N) is 1. The normalized spacial score (nSPS) is 23.9. The van der Waals surface area contributed by atoms with E-state index in [2.05, 4.69) is 10.6 Å². The van der Waals surface area contributed by atoms with Crippen LogP contribution in [-0.2, 0) is 14.4 Å². The Hall–Kier alpha value is -1.59. The highest BCUT2D eigenvalue weighted by Crippen LogP contribution is 2.29. The number of likely N-dealkylation sites (tertiary alicyclic amines) is 1. The maximum absolute atomic E-state index is 12.4. The van der Waals surface area contributed by atoms with Crippen molar-refractivity contribution >= 4 is 17.7 Å². The smallest absolute Gasteiger partial charge is 0.242 e. The summed E-state index contributed by atoms with van der Waals surface area (Å²) >= 11 is 0. The van der Waals surface area contributed by atoms with Crippen LogP contribution in [0.25, 0.3) is 0 Å². The number of hydrogen-bond acceptors (Lipinski definition) is 3. The van der Waals surface area contributed by atoms with Gasteiger partial charge in [0, 0.05) is 24.5 Å². The molecule has 6 nitrogen and oxygen atoms in total. The molecule has 1 aliphatic carbocycles. The van der Waals surface area contributed by atoms with E-state index in [-0.39, 0.29) is 35.6 Å². The molecule has 3 amide bonds. The van der Waals surface area contributed by atoms with Crippen LogP contribution in [0.15, 0.2) is 0 Å². The largest absolute Gasteiger partial charge is 0.350 e. The van der Waals surface area contributed by atoms with E-state index in [1.807, 2.05) is 25.7 Å². The fourth-order valence-corrected chi connectivity index (χ4v) is 3.35. The molecule has 1 heterocycles. The van der Waals surface area contributed by atoms with Gasteiger partial charge < -0.3 is 15.5 Å². The van der Waals surface area contributed by atoms with Crippen molar-refractivity contribution in [3.63, 3.8) is 0 Å². The van der Waals surface area contributed by atoms with Gasteiger partial charge in [0.15, 0.2) is 0 Å². The van der Waals surface area contributed by atoms with Crippen LogP contribution in [0.2, 0.25) is 0 Å². The molecule has 0 unspecified atom stereocenters. The van der Waals surface area contributed by atoms with Crippen molar-refractivity contribution in [2.24, 2.45) is 5.92 Å². The molecule has 1 saturated heterocycles. The second kappa shape index (κ2) is 6.89. The molecular weight excluding hydrogens is 294 g/mol. The quantitative estimate of drug-likeness (QED) is 0.816. The van der Waals surface area contributed by atoms with E-state index in [1.54, 1.807) is 6.92 Å². The average Bonchev–Trinajstić information content (AvgIpc) is 3.05. The number of carbonyl (C=O) groups excluding carboxylic acids is 3.